The molecule has 22 heavy (non-hydrogen) atoms. The third kappa shape index (κ3) is 7.84. The van der Waals surface area contributed by atoms with E-state index in [2.05, 4.69) is 40.7 Å². The predicted molar refractivity (Wildman–Crippen MR) is 102 cm³/mol. The molecule has 5 nitrogen and oxygen atoms in total. The molecule has 0 bridgehead atoms. The first-order chi connectivity index (χ1) is 10.1. The molecule has 2 N–H and O–H groups in total. The molecule has 0 saturated heterocycles. The fraction of sp³-hybridized carbons (Fsp3) is 0.562. The molecule has 0 amide bonds. The molecule has 1 aromatic rings. The normalized spacial score (nSPS) is 11.1. The molecule has 0 fully saturated rings. The van der Waals surface area contributed by atoms with Crippen molar-refractivity contribution >= 4 is 29.9 Å². The van der Waals surface area contributed by atoms with Crippen LogP contribution in [0.4, 0.5) is 0 Å². The fourth-order valence-electron chi connectivity index (χ4n) is 1.84. The standard InChI is InChI=1S/C16H27N3O2.HI/c1-12(2)21-15-10-13(3)6-7-14(15)11-19-16(17-4)18-8-9-20-5;/h6-7,10,12H,8-9,11H2,1-5H3,(H2,17,18,19);1H. The number of ether oxygens (including phenoxy) is 2. The summed E-state index contributed by atoms with van der Waals surface area (Å²) in [5.41, 5.74) is 2.31. The summed E-state index contributed by atoms with van der Waals surface area (Å²) in [6.45, 7) is 8.16. The zero-order chi connectivity index (χ0) is 15.7. The van der Waals surface area contributed by atoms with Crippen LogP contribution in [0.5, 0.6) is 5.75 Å². The van der Waals surface area contributed by atoms with E-state index < -0.39 is 0 Å². The molecule has 0 spiro atoms. The van der Waals surface area contributed by atoms with Crippen LogP contribution in [0.2, 0.25) is 0 Å². The number of methoxy groups -OCH3 is 1. The average Bonchev–Trinajstić information content (AvgIpc) is 2.43. The number of benzene rings is 1. The summed E-state index contributed by atoms with van der Waals surface area (Å²) >= 11 is 0. The highest BCUT2D eigenvalue weighted by Crippen LogP contribution is 2.21. The molecule has 0 heterocycles. The Morgan fingerprint density at radius 2 is 2.00 bits per heavy atom. The molecule has 1 aromatic carbocycles. The topological polar surface area (TPSA) is 54.9 Å². The van der Waals surface area contributed by atoms with Crippen LogP contribution < -0.4 is 15.4 Å². The lowest BCUT2D eigenvalue weighted by Crippen LogP contribution is -2.38. The summed E-state index contributed by atoms with van der Waals surface area (Å²) < 4.78 is 10.9. The summed E-state index contributed by atoms with van der Waals surface area (Å²) in [5, 5.41) is 6.47. The number of nitrogens with zero attached hydrogens (tertiary/aromatic N) is 1. The number of hydrogen-bond acceptors (Lipinski definition) is 3. The minimum atomic E-state index is 0. The van der Waals surface area contributed by atoms with Crippen molar-refractivity contribution in [3.8, 4) is 5.75 Å². The van der Waals surface area contributed by atoms with Gasteiger partial charge >= 0.3 is 0 Å². The molecule has 0 atom stereocenters. The Bertz CT molecular complexity index is 465. The smallest absolute Gasteiger partial charge is 0.191 e. The Balaban J connectivity index is 0.00000441. The third-order valence-corrected chi connectivity index (χ3v) is 2.85. The number of guanidine groups is 1. The molecule has 0 saturated carbocycles. The first kappa shape index (κ1) is 21.0. The summed E-state index contributed by atoms with van der Waals surface area (Å²) in [7, 11) is 3.43. The Morgan fingerprint density at radius 3 is 2.59 bits per heavy atom. The molecule has 0 aromatic heterocycles. The molecule has 0 aliphatic heterocycles. The number of aryl methyl sites for hydroxylation is 1. The Kier molecular flexibility index (Phi) is 11.0. The van der Waals surface area contributed by atoms with Crippen LogP contribution in [-0.4, -0.2) is 39.4 Å². The number of rotatable bonds is 7. The Labute approximate surface area is 150 Å². The van der Waals surface area contributed by atoms with E-state index in [0.29, 0.717) is 13.2 Å². The van der Waals surface area contributed by atoms with Gasteiger partial charge in [0, 0.05) is 32.8 Å². The molecule has 0 aliphatic carbocycles. The van der Waals surface area contributed by atoms with Crippen molar-refractivity contribution in [2.75, 3.05) is 27.3 Å². The lowest BCUT2D eigenvalue weighted by Gasteiger charge is -2.17. The minimum absolute atomic E-state index is 0. The first-order valence-electron chi connectivity index (χ1n) is 7.26. The monoisotopic (exact) mass is 421 g/mol. The largest absolute Gasteiger partial charge is 0.491 e. The highest BCUT2D eigenvalue weighted by atomic mass is 127. The molecule has 0 radical (unpaired) electrons. The fourth-order valence-corrected chi connectivity index (χ4v) is 1.84. The van der Waals surface area contributed by atoms with Crippen molar-refractivity contribution in [2.45, 2.75) is 33.4 Å². The molecular weight excluding hydrogens is 393 g/mol. The van der Waals surface area contributed by atoms with Gasteiger partial charge in [-0.05, 0) is 32.4 Å². The van der Waals surface area contributed by atoms with Gasteiger partial charge in [-0.3, -0.25) is 4.99 Å². The van der Waals surface area contributed by atoms with Gasteiger partial charge in [-0.1, -0.05) is 12.1 Å². The second kappa shape index (κ2) is 11.5. The summed E-state index contributed by atoms with van der Waals surface area (Å²) in [5.74, 6) is 1.67. The highest BCUT2D eigenvalue weighted by molar-refractivity contribution is 14.0. The van der Waals surface area contributed by atoms with Crippen LogP contribution in [0, 0.1) is 6.92 Å². The second-order valence-corrected chi connectivity index (χ2v) is 5.12. The van der Waals surface area contributed by atoms with Crippen LogP contribution in [0.3, 0.4) is 0 Å². The molecular formula is C16H28IN3O2. The summed E-state index contributed by atoms with van der Waals surface area (Å²) in [6.07, 6.45) is 0.157. The van der Waals surface area contributed by atoms with Gasteiger partial charge in [0.15, 0.2) is 5.96 Å². The van der Waals surface area contributed by atoms with Crippen LogP contribution in [-0.2, 0) is 11.3 Å². The van der Waals surface area contributed by atoms with E-state index >= 15 is 0 Å². The van der Waals surface area contributed by atoms with Gasteiger partial charge in [0.25, 0.3) is 0 Å². The van der Waals surface area contributed by atoms with Gasteiger partial charge in [0.2, 0.25) is 0 Å². The molecule has 126 valence electrons. The van der Waals surface area contributed by atoms with Gasteiger partial charge in [0.05, 0.1) is 12.7 Å². The quantitative estimate of drug-likeness (QED) is 0.308. The van der Waals surface area contributed by atoms with E-state index in [1.165, 1.54) is 5.56 Å². The number of nitrogens with one attached hydrogen (secondary N) is 2. The van der Waals surface area contributed by atoms with Gasteiger partial charge in [-0.25, -0.2) is 0 Å². The summed E-state index contributed by atoms with van der Waals surface area (Å²) in [6, 6.07) is 6.24. The van der Waals surface area contributed by atoms with E-state index in [1.54, 1.807) is 14.2 Å². The van der Waals surface area contributed by atoms with Crippen molar-refractivity contribution in [3.05, 3.63) is 29.3 Å². The van der Waals surface area contributed by atoms with Gasteiger partial charge < -0.3 is 20.1 Å². The van der Waals surface area contributed by atoms with Crippen LogP contribution in [0.1, 0.15) is 25.0 Å². The molecule has 6 heteroatoms. The van der Waals surface area contributed by atoms with E-state index in [0.717, 1.165) is 23.8 Å². The SMILES string of the molecule is CN=C(NCCOC)NCc1ccc(C)cc1OC(C)C.I. The van der Waals surface area contributed by atoms with Gasteiger partial charge in [0.1, 0.15) is 5.75 Å². The second-order valence-electron chi connectivity index (χ2n) is 5.12. The third-order valence-electron chi connectivity index (χ3n) is 2.85. The highest BCUT2D eigenvalue weighted by Gasteiger charge is 2.07. The zero-order valence-corrected chi connectivity index (χ0v) is 16.4. The maximum Gasteiger partial charge on any atom is 0.191 e. The maximum atomic E-state index is 5.87. The average molecular weight is 421 g/mol. The van der Waals surface area contributed by atoms with E-state index in [-0.39, 0.29) is 30.1 Å². The van der Waals surface area contributed by atoms with Crippen LogP contribution in [0.25, 0.3) is 0 Å². The van der Waals surface area contributed by atoms with Crippen molar-refractivity contribution in [1.82, 2.24) is 10.6 Å². The lowest BCUT2D eigenvalue weighted by molar-refractivity contribution is 0.203. The zero-order valence-electron chi connectivity index (χ0n) is 14.1. The Hall–Kier alpha value is -1.02. The van der Waals surface area contributed by atoms with E-state index in [4.69, 9.17) is 9.47 Å². The van der Waals surface area contributed by atoms with E-state index in [9.17, 15) is 0 Å². The van der Waals surface area contributed by atoms with Gasteiger partial charge in [-0.2, -0.15) is 0 Å². The Morgan fingerprint density at radius 1 is 1.27 bits per heavy atom. The van der Waals surface area contributed by atoms with Crippen molar-refractivity contribution in [1.29, 1.82) is 0 Å². The number of aliphatic imine (C=N–C) groups is 1. The van der Waals surface area contributed by atoms with Crippen molar-refractivity contribution in [2.24, 2.45) is 4.99 Å². The minimum Gasteiger partial charge on any atom is -0.491 e. The van der Waals surface area contributed by atoms with Crippen LogP contribution in [0.15, 0.2) is 23.2 Å². The molecule has 1 rings (SSSR count). The van der Waals surface area contributed by atoms with Gasteiger partial charge in [-0.15, -0.1) is 24.0 Å². The summed E-state index contributed by atoms with van der Waals surface area (Å²) in [4.78, 5) is 4.18. The predicted octanol–water partition coefficient (Wildman–Crippen LogP) is 2.71. The molecule has 0 unspecified atom stereocenters. The maximum absolute atomic E-state index is 5.87. The van der Waals surface area contributed by atoms with Crippen molar-refractivity contribution in [3.63, 3.8) is 0 Å². The van der Waals surface area contributed by atoms with Crippen LogP contribution >= 0.6 is 24.0 Å². The number of hydrogen-bond donors (Lipinski definition) is 2. The first-order valence-corrected chi connectivity index (χ1v) is 7.26. The molecule has 0 aliphatic rings. The number of halogens is 1. The van der Waals surface area contributed by atoms with Crippen molar-refractivity contribution < 1.29 is 9.47 Å². The lowest BCUT2D eigenvalue weighted by atomic mass is 10.1. The van der Waals surface area contributed by atoms with E-state index in [1.807, 2.05) is 13.8 Å².